The highest BCUT2D eigenvalue weighted by Crippen LogP contribution is 2.48. The number of hydrogen-bond acceptors (Lipinski definition) is 3. The van der Waals surface area contributed by atoms with Gasteiger partial charge in [0.1, 0.15) is 0 Å². The number of aromatic nitrogens is 3. The van der Waals surface area contributed by atoms with Crippen LogP contribution in [0.15, 0.2) is 36.8 Å². The van der Waals surface area contributed by atoms with Crippen LogP contribution in [0.5, 0.6) is 0 Å². The van der Waals surface area contributed by atoms with E-state index in [0.717, 1.165) is 11.5 Å². The van der Waals surface area contributed by atoms with E-state index in [-0.39, 0.29) is 0 Å². The van der Waals surface area contributed by atoms with Gasteiger partial charge in [-0.2, -0.15) is 5.10 Å². The Morgan fingerprint density at radius 2 is 2.22 bits per heavy atom. The highest BCUT2D eigenvalue weighted by molar-refractivity contribution is 5.44. The Morgan fingerprint density at radius 3 is 2.78 bits per heavy atom. The summed E-state index contributed by atoms with van der Waals surface area (Å²) in [6, 6.07) is 6.43. The van der Waals surface area contributed by atoms with Crippen LogP contribution in [-0.2, 0) is 0 Å². The van der Waals surface area contributed by atoms with Gasteiger partial charge in [0, 0.05) is 18.4 Å². The molecular formula is C14H18N4. The van der Waals surface area contributed by atoms with Crippen LogP contribution in [-0.4, -0.2) is 20.8 Å². The number of nitrogens with zero attached hydrogens (tertiary/aromatic N) is 3. The van der Waals surface area contributed by atoms with Crippen molar-refractivity contribution in [2.75, 3.05) is 5.32 Å². The number of nitrogens with one attached hydrogen (secondary N) is 1. The van der Waals surface area contributed by atoms with Crippen molar-refractivity contribution < 1.29 is 0 Å². The van der Waals surface area contributed by atoms with Crippen LogP contribution in [0, 0.1) is 5.41 Å². The van der Waals surface area contributed by atoms with Gasteiger partial charge in [0.2, 0.25) is 0 Å². The van der Waals surface area contributed by atoms with Crippen molar-refractivity contribution in [1.29, 1.82) is 0 Å². The topological polar surface area (TPSA) is 42.7 Å². The van der Waals surface area contributed by atoms with E-state index in [9.17, 15) is 0 Å². The lowest BCUT2D eigenvalue weighted by atomic mass is 10.0. The summed E-state index contributed by atoms with van der Waals surface area (Å²) in [5, 5.41) is 7.68. The molecule has 4 nitrogen and oxygen atoms in total. The lowest BCUT2D eigenvalue weighted by Crippen LogP contribution is -2.24. The highest BCUT2D eigenvalue weighted by atomic mass is 15.3. The van der Waals surface area contributed by atoms with Crippen LogP contribution in [0.1, 0.15) is 26.7 Å². The van der Waals surface area contributed by atoms with Crippen molar-refractivity contribution in [1.82, 2.24) is 14.8 Å². The monoisotopic (exact) mass is 242 g/mol. The van der Waals surface area contributed by atoms with Crippen LogP contribution in [0.2, 0.25) is 0 Å². The van der Waals surface area contributed by atoms with Crippen LogP contribution in [0.4, 0.5) is 5.69 Å². The molecule has 1 saturated carbocycles. The van der Waals surface area contributed by atoms with Gasteiger partial charge in [-0.05, 0) is 43.4 Å². The predicted octanol–water partition coefficient (Wildman–Crippen LogP) is 2.87. The van der Waals surface area contributed by atoms with E-state index in [1.807, 2.05) is 24.5 Å². The van der Waals surface area contributed by atoms with Gasteiger partial charge in [-0.15, -0.1) is 0 Å². The summed E-state index contributed by atoms with van der Waals surface area (Å²) in [7, 11) is 0. The number of hydrogen-bond donors (Lipinski definition) is 1. The molecule has 2 aromatic heterocycles. The highest BCUT2D eigenvalue weighted by Gasteiger charge is 2.42. The Balaban J connectivity index is 1.71. The fraction of sp³-hybridized carbons (Fsp3) is 0.429. The van der Waals surface area contributed by atoms with Crippen LogP contribution < -0.4 is 5.32 Å². The summed E-state index contributed by atoms with van der Waals surface area (Å²) in [6.45, 7) is 4.57. The third-order valence-electron chi connectivity index (χ3n) is 3.95. The van der Waals surface area contributed by atoms with Gasteiger partial charge in [0.15, 0.2) is 5.82 Å². The van der Waals surface area contributed by atoms with Crippen molar-refractivity contribution in [3.63, 3.8) is 0 Å². The lowest BCUT2D eigenvalue weighted by Gasteiger charge is -2.21. The Kier molecular flexibility index (Phi) is 2.58. The molecule has 0 amide bonds. The SMILES string of the molecule is CC(Nc1ccc(-n2cccn2)nc1)C1(C)CC1. The summed E-state index contributed by atoms with van der Waals surface area (Å²) >= 11 is 0. The Bertz CT molecular complexity index is 511. The first kappa shape index (κ1) is 11.3. The summed E-state index contributed by atoms with van der Waals surface area (Å²) in [5.74, 6) is 0.843. The van der Waals surface area contributed by atoms with Crippen LogP contribution in [0.25, 0.3) is 5.82 Å². The van der Waals surface area contributed by atoms with Gasteiger partial charge in [0.05, 0.1) is 11.9 Å². The minimum atomic E-state index is 0.473. The van der Waals surface area contributed by atoms with Gasteiger partial charge in [-0.3, -0.25) is 0 Å². The number of pyridine rings is 1. The third kappa shape index (κ3) is 2.10. The van der Waals surface area contributed by atoms with Gasteiger partial charge < -0.3 is 5.32 Å². The fourth-order valence-corrected chi connectivity index (χ4v) is 2.07. The average Bonchev–Trinajstić information content (AvgIpc) is 2.94. The minimum absolute atomic E-state index is 0.473. The van der Waals surface area contributed by atoms with Crippen molar-refractivity contribution in [2.45, 2.75) is 32.7 Å². The molecule has 0 bridgehead atoms. The molecule has 94 valence electrons. The number of rotatable bonds is 4. The molecule has 0 spiro atoms. The maximum atomic E-state index is 4.41. The second-order valence-corrected chi connectivity index (χ2v) is 5.38. The van der Waals surface area contributed by atoms with Crippen molar-refractivity contribution in [3.8, 4) is 5.82 Å². The minimum Gasteiger partial charge on any atom is -0.381 e. The van der Waals surface area contributed by atoms with Crippen molar-refractivity contribution in [2.24, 2.45) is 5.41 Å². The molecule has 3 rings (SSSR count). The first-order valence-electron chi connectivity index (χ1n) is 6.40. The van der Waals surface area contributed by atoms with E-state index in [0.29, 0.717) is 11.5 Å². The summed E-state index contributed by atoms with van der Waals surface area (Å²) in [6.07, 6.45) is 8.16. The first-order valence-corrected chi connectivity index (χ1v) is 6.40. The van der Waals surface area contributed by atoms with Crippen molar-refractivity contribution >= 4 is 5.69 Å². The summed E-state index contributed by atoms with van der Waals surface area (Å²) in [4.78, 5) is 4.41. The van der Waals surface area contributed by atoms with Gasteiger partial charge in [-0.25, -0.2) is 9.67 Å². The molecule has 2 aromatic rings. The Labute approximate surface area is 107 Å². The standard InChI is InChI=1S/C14H18N4/c1-11(14(2)6-7-14)17-12-4-5-13(15-10-12)18-9-3-8-16-18/h3-5,8-11,17H,6-7H2,1-2H3. The quantitative estimate of drug-likeness (QED) is 0.896. The second-order valence-electron chi connectivity index (χ2n) is 5.38. The molecule has 4 heteroatoms. The van der Waals surface area contributed by atoms with Gasteiger partial charge in [0.25, 0.3) is 0 Å². The summed E-state index contributed by atoms with van der Waals surface area (Å²) < 4.78 is 1.76. The zero-order valence-corrected chi connectivity index (χ0v) is 10.8. The molecule has 1 N–H and O–H groups in total. The largest absolute Gasteiger partial charge is 0.381 e. The maximum Gasteiger partial charge on any atom is 0.153 e. The van der Waals surface area contributed by atoms with E-state index in [1.54, 1.807) is 10.9 Å². The predicted molar refractivity (Wildman–Crippen MR) is 71.8 cm³/mol. The van der Waals surface area contributed by atoms with Gasteiger partial charge in [-0.1, -0.05) is 6.92 Å². The smallest absolute Gasteiger partial charge is 0.153 e. The lowest BCUT2D eigenvalue weighted by molar-refractivity contribution is 0.493. The Morgan fingerprint density at radius 1 is 1.39 bits per heavy atom. The average molecular weight is 242 g/mol. The van der Waals surface area contributed by atoms with E-state index in [2.05, 4.69) is 35.3 Å². The fourth-order valence-electron chi connectivity index (χ4n) is 2.07. The molecule has 1 atom stereocenters. The van der Waals surface area contributed by atoms with Crippen LogP contribution in [0.3, 0.4) is 0 Å². The molecule has 1 aliphatic carbocycles. The Hall–Kier alpha value is -1.84. The maximum absolute atomic E-state index is 4.41. The molecule has 18 heavy (non-hydrogen) atoms. The zero-order valence-electron chi connectivity index (χ0n) is 10.8. The van der Waals surface area contributed by atoms with E-state index >= 15 is 0 Å². The molecule has 0 radical (unpaired) electrons. The van der Waals surface area contributed by atoms with Crippen LogP contribution >= 0.6 is 0 Å². The second kappa shape index (κ2) is 4.12. The molecule has 2 heterocycles. The molecular weight excluding hydrogens is 224 g/mol. The molecule has 1 aliphatic rings. The molecule has 0 saturated heterocycles. The summed E-state index contributed by atoms with van der Waals surface area (Å²) in [5.41, 5.74) is 1.55. The molecule has 0 aromatic carbocycles. The first-order chi connectivity index (χ1) is 8.67. The third-order valence-corrected chi connectivity index (χ3v) is 3.95. The van der Waals surface area contributed by atoms with E-state index in [1.165, 1.54) is 12.8 Å². The number of anilines is 1. The van der Waals surface area contributed by atoms with E-state index < -0.39 is 0 Å². The normalized spacial score (nSPS) is 18.3. The molecule has 0 aliphatic heterocycles. The van der Waals surface area contributed by atoms with E-state index in [4.69, 9.17) is 0 Å². The molecule has 1 unspecified atom stereocenters. The molecule has 1 fully saturated rings. The van der Waals surface area contributed by atoms with Gasteiger partial charge >= 0.3 is 0 Å². The van der Waals surface area contributed by atoms with Crippen molar-refractivity contribution in [3.05, 3.63) is 36.8 Å². The zero-order chi connectivity index (χ0) is 12.6.